The van der Waals surface area contributed by atoms with Gasteiger partial charge in [-0.1, -0.05) is 38.5 Å². The van der Waals surface area contributed by atoms with Crippen LogP contribution < -0.4 is 5.73 Å². The molecule has 2 atom stereocenters. The Labute approximate surface area is 86.3 Å². The van der Waals surface area contributed by atoms with Crippen LogP contribution in [0.3, 0.4) is 0 Å². The largest absolute Gasteiger partial charge is 0.324 e. The Morgan fingerprint density at radius 2 is 2.14 bits per heavy atom. The van der Waals surface area contributed by atoms with Gasteiger partial charge in [-0.25, -0.2) is 0 Å². The maximum absolute atomic E-state index is 6.10. The van der Waals surface area contributed by atoms with E-state index in [9.17, 15) is 0 Å². The summed E-state index contributed by atoms with van der Waals surface area (Å²) < 4.78 is 0. The molecule has 0 aliphatic heterocycles. The molecule has 0 heterocycles. The predicted octanol–water partition coefficient (Wildman–Crippen LogP) is 3.15. The van der Waals surface area contributed by atoms with Crippen molar-refractivity contribution in [2.24, 2.45) is 5.73 Å². The highest BCUT2D eigenvalue weighted by Crippen LogP contribution is 2.38. The number of aryl methyl sites for hydroxylation is 1. The first-order valence-electron chi connectivity index (χ1n) is 5.60. The van der Waals surface area contributed by atoms with Crippen LogP contribution in [0.15, 0.2) is 18.2 Å². The summed E-state index contributed by atoms with van der Waals surface area (Å²) in [6, 6.07) is 7.12. The summed E-state index contributed by atoms with van der Waals surface area (Å²) in [6.07, 6.45) is 3.50. The van der Waals surface area contributed by atoms with Gasteiger partial charge < -0.3 is 5.73 Å². The van der Waals surface area contributed by atoms with Crippen molar-refractivity contribution in [3.8, 4) is 0 Å². The summed E-state index contributed by atoms with van der Waals surface area (Å²) in [5, 5.41) is 0. The molecule has 2 unspecified atom stereocenters. The molecule has 1 nitrogen and oxygen atoms in total. The molecule has 1 aromatic rings. The van der Waals surface area contributed by atoms with Gasteiger partial charge in [-0.05, 0) is 35.4 Å². The zero-order valence-electron chi connectivity index (χ0n) is 9.09. The van der Waals surface area contributed by atoms with Crippen molar-refractivity contribution in [3.05, 3.63) is 34.9 Å². The van der Waals surface area contributed by atoms with Gasteiger partial charge in [0.15, 0.2) is 0 Å². The monoisotopic (exact) mass is 189 g/mol. The van der Waals surface area contributed by atoms with Crippen LogP contribution >= 0.6 is 0 Å². The van der Waals surface area contributed by atoms with Gasteiger partial charge in [0.1, 0.15) is 0 Å². The molecule has 1 aromatic carbocycles. The average Bonchev–Trinajstić information content (AvgIpc) is 2.43. The summed E-state index contributed by atoms with van der Waals surface area (Å²) in [5.41, 5.74) is 10.4. The third kappa shape index (κ3) is 1.57. The Morgan fingerprint density at radius 3 is 2.86 bits per heavy atom. The first kappa shape index (κ1) is 9.72. The van der Waals surface area contributed by atoms with Crippen LogP contribution in [-0.4, -0.2) is 0 Å². The second-order valence-corrected chi connectivity index (χ2v) is 4.46. The molecule has 0 saturated heterocycles. The first-order valence-corrected chi connectivity index (χ1v) is 5.60. The molecule has 0 aromatic heterocycles. The van der Waals surface area contributed by atoms with Crippen molar-refractivity contribution in [2.75, 3.05) is 0 Å². The summed E-state index contributed by atoms with van der Waals surface area (Å²) in [4.78, 5) is 0. The Bertz CT molecular complexity index is 330. The van der Waals surface area contributed by atoms with Crippen molar-refractivity contribution >= 4 is 0 Å². The predicted molar refractivity (Wildman–Crippen MR) is 60.4 cm³/mol. The summed E-state index contributed by atoms with van der Waals surface area (Å²) in [6.45, 7) is 4.49. The quantitative estimate of drug-likeness (QED) is 0.760. The van der Waals surface area contributed by atoms with E-state index in [1.54, 1.807) is 0 Å². The van der Waals surface area contributed by atoms with E-state index >= 15 is 0 Å². The maximum atomic E-state index is 6.10. The standard InChI is InChI=1S/C13H19N/c1-3-4-10-5-6-11-9(2)7-13(14)12(11)8-10/h5-6,8-9,13H,3-4,7,14H2,1-2H3. The van der Waals surface area contributed by atoms with Gasteiger partial charge in [-0.15, -0.1) is 0 Å². The van der Waals surface area contributed by atoms with Crippen molar-refractivity contribution in [3.63, 3.8) is 0 Å². The topological polar surface area (TPSA) is 26.0 Å². The highest BCUT2D eigenvalue weighted by Gasteiger charge is 2.25. The number of rotatable bonds is 2. The van der Waals surface area contributed by atoms with Crippen LogP contribution in [0.25, 0.3) is 0 Å². The van der Waals surface area contributed by atoms with Crippen LogP contribution in [0.4, 0.5) is 0 Å². The molecule has 1 aliphatic rings. The number of benzene rings is 1. The van der Waals surface area contributed by atoms with E-state index in [0.29, 0.717) is 5.92 Å². The minimum atomic E-state index is 0.275. The average molecular weight is 189 g/mol. The minimum Gasteiger partial charge on any atom is -0.324 e. The number of fused-ring (bicyclic) bond motifs is 1. The van der Waals surface area contributed by atoms with E-state index in [4.69, 9.17) is 5.73 Å². The molecule has 1 aliphatic carbocycles. The smallest absolute Gasteiger partial charge is 0.0303 e. The lowest BCUT2D eigenvalue weighted by molar-refractivity contribution is 0.640. The lowest BCUT2D eigenvalue weighted by Crippen LogP contribution is -2.05. The zero-order valence-corrected chi connectivity index (χ0v) is 9.09. The van der Waals surface area contributed by atoms with E-state index < -0.39 is 0 Å². The summed E-state index contributed by atoms with van der Waals surface area (Å²) >= 11 is 0. The molecule has 0 spiro atoms. The van der Waals surface area contributed by atoms with Gasteiger partial charge in [0.25, 0.3) is 0 Å². The van der Waals surface area contributed by atoms with Gasteiger partial charge in [0.05, 0.1) is 0 Å². The third-order valence-corrected chi connectivity index (χ3v) is 3.23. The second-order valence-electron chi connectivity index (χ2n) is 4.46. The minimum absolute atomic E-state index is 0.275. The molecular weight excluding hydrogens is 170 g/mol. The molecule has 0 bridgehead atoms. The number of hydrogen-bond donors (Lipinski definition) is 1. The van der Waals surface area contributed by atoms with Gasteiger partial charge >= 0.3 is 0 Å². The van der Waals surface area contributed by atoms with Crippen molar-refractivity contribution in [2.45, 2.75) is 45.1 Å². The van der Waals surface area contributed by atoms with E-state index in [2.05, 4.69) is 32.0 Å². The normalized spacial score (nSPS) is 25.1. The molecular formula is C13H19N. The second kappa shape index (κ2) is 3.74. The molecule has 1 heteroatoms. The SMILES string of the molecule is CCCc1ccc2c(c1)C(N)CC2C. The zero-order chi connectivity index (χ0) is 10.1. The van der Waals surface area contributed by atoms with Gasteiger partial charge in [0, 0.05) is 6.04 Å². The molecule has 0 radical (unpaired) electrons. The molecule has 76 valence electrons. The molecule has 0 saturated carbocycles. The fourth-order valence-electron chi connectivity index (χ4n) is 2.47. The van der Waals surface area contributed by atoms with Crippen LogP contribution in [0.1, 0.15) is 55.3 Å². The van der Waals surface area contributed by atoms with Crippen molar-refractivity contribution in [1.82, 2.24) is 0 Å². The first-order chi connectivity index (χ1) is 6.72. The van der Waals surface area contributed by atoms with Crippen LogP contribution in [-0.2, 0) is 6.42 Å². The van der Waals surface area contributed by atoms with Crippen molar-refractivity contribution in [1.29, 1.82) is 0 Å². The van der Waals surface area contributed by atoms with Crippen LogP contribution in [0.5, 0.6) is 0 Å². The van der Waals surface area contributed by atoms with E-state index in [-0.39, 0.29) is 6.04 Å². The molecule has 0 fully saturated rings. The maximum Gasteiger partial charge on any atom is 0.0303 e. The fraction of sp³-hybridized carbons (Fsp3) is 0.538. The molecule has 0 amide bonds. The Balaban J connectivity index is 2.35. The highest BCUT2D eigenvalue weighted by atomic mass is 14.7. The number of nitrogens with two attached hydrogens (primary N) is 1. The summed E-state index contributed by atoms with van der Waals surface area (Å²) in [5.74, 6) is 0.649. The van der Waals surface area contributed by atoms with E-state index in [1.807, 2.05) is 0 Å². The van der Waals surface area contributed by atoms with E-state index in [1.165, 1.54) is 29.5 Å². The lowest BCUT2D eigenvalue weighted by atomic mass is 9.99. The Hall–Kier alpha value is -0.820. The fourth-order valence-corrected chi connectivity index (χ4v) is 2.47. The van der Waals surface area contributed by atoms with Crippen LogP contribution in [0, 0.1) is 0 Å². The van der Waals surface area contributed by atoms with Gasteiger partial charge in [-0.2, -0.15) is 0 Å². The molecule has 14 heavy (non-hydrogen) atoms. The Kier molecular flexibility index (Phi) is 2.60. The Morgan fingerprint density at radius 1 is 1.36 bits per heavy atom. The summed E-state index contributed by atoms with van der Waals surface area (Å²) in [7, 11) is 0. The molecule has 2 rings (SSSR count). The van der Waals surface area contributed by atoms with E-state index in [0.717, 1.165) is 6.42 Å². The van der Waals surface area contributed by atoms with Crippen LogP contribution in [0.2, 0.25) is 0 Å². The highest BCUT2D eigenvalue weighted by molar-refractivity contribution is 5.40. The van der Waals surface area contributed by atoms with Crippen molar-refractivity contribution < 1.29 is 0 Å². The third-order valence-electron chi connectivity index (χ3n) is 3.23. The van der Waals surface area contributed by atoms with Gasteiger partial charge in [0.2, 0.25) is 0 Å². The lowest BCUT2D eigenvalue weighted by Gasteiger charge is -2.07. The molecule has 2 N–H and O–H groups in total. The van der Waals surface area contributed by atoms with Gasteiger partial charge in [-0.3, -0.25) is 0 Å². The number of hydrogen-bond acceptors (Lipinski definition) is 1.